The number of phenolic OH excluding ortho intramolecular Hbond substituents is 1. The van der Waals surface area contributed by atoms with E-state index in [2.05, 4.69) is 0 Å². The number of aryl methyl sites for hydroxylation is 1. The summed E-state index contributed by atoms with van der Waals surface area (Å²) >= 11 is 5.82. The Balaban J connectivity index is 2.01. The van der Waals surface area contributed by atoms with Crippen molar-refractivity contribution in [1.82, 2.24) is 0 Å². The van der Waals surface area contributed by atoms with Gasteiger partial charge in [0, 0.05) is 5.02 Å². The molecule has 1 aliphatic rings. The summed E-state index contributed by atoms with van der Waals surface area (Å²) in [5.74, 6) is 0.230. The standard InChI is InChI=1S/C16H11ClO3/c1-9-6-12(18)15-13(7-9)20-14(16(15)19)8-10-2-4-11(17)5-3-10/h2-8,18H,1H3/b14-8-. The van der Waals surface area contributed by atoms with Crippen LogP contribution in [0.1, 0.15) is 21.5 Å². The second-order valence-electron chi connectivity index (χ2n) is 4.65. The van der Waals surface area contributed by atoms with Crippen molar-refractivity contribution in [1.29, 1.82) is 0 Å². The average Bonchev–Trinajstić information content (AvgIpc) is 2.69. The number of carbonyl (C=O) groups excluding carboxylic acids is 1. The first-order valence-corrected chi connectivity index (χ1v) is 6.46. The molecule has 0 radical (unpaired) electrons. The van der Waals surface area contributed by atoms with Crippen molar-refractivity contribution < 1.29 is 14.6 Å². The van der Waals surface area contributed by atoms with Gasteiger partial charge in [0.15, 0.2) is 5.76 Å². The normalized spacial score (nSPS) is 15.3. The van der Waals surface area contributed by atoms with Crippen molar-refractivity contribution in [2.75, 3.05) is 0 Å². The van der Waals surface area contributed by atoms with Crippen LogP contribution in [0.15, 0.2) is 42.2 Å². The number of halogens is 1. The maximum Gasteiger partial charge on any atom is 0.235 e. The van der Waals surface area contributed by atoms with Crippen LogP contribution in [-0.2, 0) is 0 Å². The molecule has 0 saturated heterocycles. The van der Waals surface area contributed by atoms with Gasteiger partial charge in [-0.2, -0.15) is 0 Å². The summed E-state index contributed by atoms with van der Waals surface area (Å²) in [6.07, 6.45) is 1.63. The summed E-state index contributed by atoms with van der Waals surface area (Å²) in [5.41, 5.74) is 1.86. The van der Waals surface area contributed by atoms with Crippen LogP contribution >= 0.6 is 11.6 Å². The van der Waals surface area contributed by atoms with Gasteiger partial charge in [-0.15, -0.1) is 0 Å². The van der Waals surface area contributed by atoms with Gasteiger partial charge in [-0.05, 0) is 48.4 Å². The maximum atomic E-state index is 12.2. The predicted octanol–water partition coefficient (Wildman–Crippen LogP) is 3.97. The Labute approximate surface area is 121 Å². The highest BCUT2D eigenvalue weighted by atomic mass is 35.5. The van der Waals surface area contributed by atoms with Crippen molar-refractivity contribution >= 4 is 23.5 Å². The van der Waals surface area contributed by atoms with Gasteiger partial charge in [0.1, 0.15) is 17.1 Å². The summed E-state index contributed by atoms with van der Waals surface area (Å²) in [4.78, 5) is 12.2. The van der Waals surface area contributed by atoms with Crippen LogP contribution in [0, 0.1) is 6.92 Å². The fourth-order valence-corrected chi connectivity index (χ4v) is 2.26. The van der Waals surface area contributed by atoms with Crippen LogP contribution in [0.3, 0.4) is 0 Å². The maximum absolute atomic E-state index is 12.2. The van der Waals surface area contributed by atoms with Gasteiger partial charge in [-0.1, -0.05) is 23.7 Å². The van der Waals surface area contributed by atoms with E-state index in [4.69, 9.17) is 16.3 Å². The molecule has 1 N–H and O–H groups in total. The number of hydrogen-bond acceptors (Lipinski definition) is 3. The van der Waals surface area contributed by atoms with E-state index in [0.29, 0.717) is 10.8 Å². The molecule has 3 rings (SSSR count). The molecule has 100 valence electrons. The summed E-state index contributed by atoms with van der Waals surface area (Å²) < 4.78 is 5.53. The van der Waals surface area contributed by atoms with Crippen LogP contribution in [0.4, 0.5) is 0 Å². The van der Waals surface area contributed by atoms with E-state index in [-0.39, 0.29) is 22.9 Å². The number of hydrogen-bond donors (Lipinski definition) is 1. The lowest BCUT2D eigenvalue weighted by atomic mass is 10.1. The van der Waals surface area contributed by atoms with Crippen LogP contribution in [0.2, 0.25) is 5.02 Å². The molecule has 0 unspecified atom stereocenters. The van der Waals surface area contributed by atoms with Gasteiger partial charge in [0.25, 0.3) is 0 Å². The van der Waals surface area contributed by atoms with E-state index in [9.17, 15) is 9.90 Å². The smallest absolute Gasteiger partial charge is 0.235 e. The van der Waals surface area contributed by atoms with E-state index in [1.165, 1.54) is 0 Å². The molecule has 2 aromatic rings. The minimum absolute atomic E-state index is 0.0514. The molecule has 4 heteroatoms. The highest BCUT2D eigenvalue weighted by Gasteiger charge is 2.30. The topological polar surface area (TPSA) is 46.5 Å². The third kappa shape index (κ3) is 2.17. The number of phenols is 1. The van der Waals surface area contributed by atoms with Gasteiger partial charge in [0.2, 0.25) is 5.78 Å². The number of ether oxygens (including phenoxy) is 1. The number of rotatable bonds is 1. The van der Waals surface area contributed by atoms with Crippen molar-refractivity contribution in [2.24, 2.45) is 0 Å². The van der Waals surface area contributed by atoms with Crippen LogP contribution in [0.25, 0.3) is 6.08 Å². The van der Waals surface area contributed by atoms with Crippen molar-refractivity contribution in [3.8, 4) is 11.5 Å². The average molecular weight is 287 g/mol. The molecule has 0 fully saturated rings. The van der Waals surface area contributed by atoms with Crippen LogP contribution in [0.5, 0.6) is 11.5 Å². The quantitative estimate of drug-likeness (QED) is 0.807. The van der Waals surface area contributed by atoms with Crippen molar-refractivity contribution in [2.45, 2.75) is 6.92 Å². The minimum Gasteiger partial charge on any atom is -0.507 e. The first kappa shape index (κ1) is 12.8. The fourth-order valence-electron chi connectivity index (χ4n) is 2.14. The molecule has 0 aliphatic carbocycles. The van der Waals surface area contributed by atoms with Gasteiger partial charge < -0.3 is 9.84 Å². The number of ketones is 1. The SMILES string of the molecule is Cc1cc(O)c2c(c1)O/C(=C\c1ccc(Cl)cc1)C2=O. The monoisotopic (exact) mass is 286 g/mol. The highest BCUT2D eigenvalue weighted by Crippen LogP contribution is 2.38. The molecular formula is C16H11ClO3. The first-order chi connectivity index (χ1) is 9.54. The lowest BCUT2D eigenvalue weighted by Gasteiger charge is -2.00. The molecule has 0 atom stereocenters. The number of carbonyl (C=O) groups is 1. The lowest BCUT2D eigenvalue weighted by molar-refractivity contribution is 0.101. The summed E-state index contributed by atoms with van der Waals surface area (Å²) in [6.45, 7) is 1.83. The Kier molecular flexibility index (Phi) is 2.99. The molecule has 0 aromatic heterocycles. The largest absolute Gasteiger partial charge is 0.507 e. The zero-order valence-corrected chi connectivity index (χ0v) is 11.4. The molecule has 0 bridgehead atoms. The zero-order valence-electron chi connectivity index (χ0n) is 10.7. The second kappa shape index (κ2) is 4.69. The molecular weight excluding hydrogens is 276 g/mol. The summed E-state index contributed by atoms with van der Waals surface area (Å²) in [7, 11) is 0. The lowest BCUT2D eigenvalue weighted by Crippen LogP contribution is -1.98. The molecule has 0 spiro atoms. The fraction of sp³-hybridized carbons (Fsp3) is 0.0625. The minimum atomic E-state index is -0.313. The van der Waals surface area contributed by atoms with Crippen LogP contribution < -0.4 is 4.74 Å². The van der Waals surface area contributed by atoms with E-state index < -0.39 is 0 Å². The predicted molar refractivity (Wildman–Crippen MR) is 77.2 cm³/mol. The van der Waals surface area contributed by atoms with Crippen LogP contribution in [-0.4, -0.2) is 10.9 Å². The van der Waals surface area contributed by atoms with Gasteiger partial charge in [0.05, 0.1) is 0 Å². The Morgan fingerprint density at radius 1 is 1.20 bits per heavy atom. The number of Topliss-reactive ketones (excluding diaryl/α,β-unsaturated/α-hetero) is 1. The van der Waals surface area contributed by atoms with Gasteiger partial charge >= 0.3 is 0 Å². The highest BCUT2D eigenvalue weighted by molar-refractivity contribution is 6.30. The third-order valence-electron chi connectivity index (χ3n) is 3.06. The summed E-state index contributed by atoms with van der Waals surface area (Å²) in [6, 6.07) is 10.3. The Morgan fingerprint density at radius 2 is 1.90 bits per heavy atom. The number of aromatic hydroxyl groups is 1. The molecule has 1 heterocycles. The summed E-state index contributed by atoms with van der Waals surface area (Å²) in [5, 5.41) is 10.5. The van der Waals surface area contributed by atoms with E-state index in [0.717, 1.165) is 11.1 Å². The second-order valence-corrected chi connectivity index (χ2v) is 5.08. The molecule has 0 saturated carbocycles. The van der Waals surface area contributed by atoms with Gasteiger partial charge in [-0.3, -0.25) is 4.79 Å². The zero-order chi connectivity index (χ0) is 14.3. The Hall–Kier alpha value is -2.26. The molecule has 0 amide bonds. The van der Waals surface area contributed by atoms with Crippen molar-refractivity contribution in [3.05, 3.63) is 63.9 Å². The van der Waals surface area contributed by atoms with E-state index in [1.807, 2.05) is 6.92 Å². The van der Waals surface area contributed by atoms with E-state index >= 15 is 0 Å². The third-order valence-corrected chi connectivity index (χ3v) is 3.32. The number of allylic oxidation sites excluding steroid dienone is 1. The van der Waals surface area contributed by atoms with E-state index in [1.54, 1.807) is 42.5 Å². The first-order valence-electron chi connectivity index (χ1n) is 6.08. The Bertz CT molecular complexity index is 730. The van der Waals surface area contributed by atoms with Crippen molar-refractivity contribution in [3.63, 3.8) is 0 Å². The molecule has 20 heavy (non-hydrogen) atoms. The molecule has 2 aromatic carbocycles. The molecule has 3 nitrogen and oxygen atoms in total. The number of benzene rings is 2. The Morgan fingerprint density at radius 3 is 2.60 bits per heavy atom. The number of fused-ring (bicyclic) bond motifs is 1. The molecule has 1 aliphatic heterocycles. The van der Waals surface area contributed by atoms with Gasteiger partial charge in [-0.25, -0.2) is 0 Å².